The third kappa shape index (κ3) is 69.5. The van der Waals surface area contributed by atoms with Crippen molar-refractivity contribution in [1.82, 2.24) is 0 Å². The molecule has 24 heteroatoms. The van der Waals surface area contributed by atoms with Crippen LogP contribution in [0, 0.1) is 0 Å². The number of rotatable bonds is 65. The molecule has 0 fully saturated rings. The second kappa shape index (κ2) is 69.4. The van der Waals surface area contributed by atoms with Gasteiger partial charge in [0.2, 0.25) is 0 Å². The van der Waals surface area contributed by atoms with Crippen molar-refractivity contribution in [3.63, 3.8) is 0 Å². The second-order valence-electron chi connectivity index (χ2n) is 13.6. The Morgan fingerprint density at radius 3 is 0.333 bits per heavy atom. The summed E-state index contributed by atoms with van der Waals surface area (Å²) in [5, 5.41) is 0. The largest absolute Gasteiger partial charge is 0.382 e. The smallest absolute Gasteiger partial charge is 0.0701 e. The van der Waals surface area contributed by atoms with E-state index >= 15 is 0 Å². The van der Waals surface area contributed by atoms with Gasteiger partial charge in [0.05, 0.1) is 284 Å². The predicted molar refractivity (Wildman–Crippen MR) is 255 cm³/mol. The average molecular weight is 1040 g/mol. The summed E-state index contributed by atoms with van der Waals surface area (Å²) in [6, 6.07) is 0. The highest BCUT2D eigenvalue weighted by Gasteiger charge is 1.99. The number of nitrogens with two attached hydrogens (primary N) is 1. The summed E-state index contributed by atoms with van der Waals surface area (Å²) in [7, 11) is 1.64. The van der Waals surface area contributed by atoms with E-state index in [4.69, 9.17) is 110 Å². The maximum absolute atomic E-state index is 5.52. The molecule has 0 aromatic carbocycles. The Bertz CT molecular complexity index is 808. The molecule has 0 saturated carbocycles. The van der Waals surface area contributed by atoms with Crippen LogP contribution in [0.4, 0.5) is 0 Å². The van der Waals surface area contributed by atoms with Gasteiger partial charge in [-0.05, 0) is 0 Å². The molecule has 0 bridgehead atoms. The molecule has 0 spiro atoms. The summed E-state index contributed by atoms with van der Waals surface area (Å²) < 4.78 is 120. The van der Waals surface area contributed by atoms with Gasteiger partial charge in [0.25, 0.3) is 0 Å². The fraction of sp³-hybridized carbons (Fsp3) is 1.00. The molecule has 0 unspecified atom stereocenters. The van der Waals surface area contributed by atoms with E-state index in [1.165, 1.54) is 0 Å². The molecule has 0 aliphatic carbocycles. The molecule has 69 heavy (non-hydrogen) atoms. The normalized spacial score (nSPS) is 11.6. The Morgan fingerprint density at radius 2 is 0.246 bits per heavy atom. The van der Waals surface area contributed by atoms with Gasteiger partial charge in [-0.25, -0.2) is 0 Å². The molecular formula is C45H94ClNO22. The van der Waals surface area contributed by atoms with Crippen LogP contribution in [-0.4, -0.2) is 298 Å². The van der Waals surface area contributed by atoms with E-state index in [1.807, 2.05) is 0 Å². The first kappa shape index (κ1) is 70.4. The van der Waals surface area contributed by atoms with Gasteiger partial charge in [-0.15, -0.1) is 12.4 Å². The summed E-state index contributed by atoms with van der Waals surface area (Å²) >= 11 is 0. The summed E-state index contributed by atoms with van der Waals surface area (Å²) in [5.41, 5.74) is 5.34. The van der Waals surface area contributed by atoms with Gasteiger partial charge in [0, 0.05) is 13.7 Å². The van der Waals surface area contributed by atoms with Crippen LogP contribution in [0.15, 0.2) is 0 Å². The highest BCUT2D eigenvalue weighted by atomic mass is 35.5. The first-order valence-corrected chi connectivity index (χ1v) is 24.2. The van der Waals surface area contributed by atoms with E-state index in [2.05, 4.69) is 0 Å². The van der Waals surface area contributed by atoms with E-state index in [0.29, 0.717) is 291 Å². The van der Waals surface area contributed by atoms with Crippen LogP contribution in [0.25, 0.3) is 0 Å². The van der Waals surface area contributed by atoms with Crippen molar-refractivity contribution in [3.05, 3.63) is 0 Å². The average Bonchev–Trinajstić information content (AvgIpc) is 3.35. The maximum atomic E-state index is 5.52. The highest BCUT2D eigenvalue weighted by molar-refractivity contribution is 5.85. The van der Waals surface area contributed by atoms with Crippen LogP contribution in [0.3, 0.4) is 0 Å². The fourth-order valence-electron chi connectivity index (χ4n) is 4.73. The minimum absolute atomic E-state index is 0. The van der Waals surface area contributed by atoms with Gasteiger partial charge in [-0.1, -0.05) is 0 Å². The molecule has 0 aromatic heterocycles. The first-order valence-electron chi connectivity index (χ1n) is 24.2. The molecule has 0 aliphatic rings. The summed E-state index contributed by atoms with van der Waals surface area (Å²) in [6.07, 6.45) is 0. The van der Waals surface area contributed by atoms with E-state index in [1.54, 1.807) is 7.11 Å². The van der Waals surface area contributed by atoms with Crippen LogP contribution in [0.1, 0.15) is 0 Å². The Kier molecular flexibility index (Phi) is 70.9. The zero-order chi connectivity index (χ0) is 48.7. The maximum Gasteiger partial charge on any atom is 0.0701 e. The number of hydrogen-bond acceptors (Lipinski definition) is 23. The van der Waals surface area contributed by atoms with E-state index in [9.17, 15) is 0 Å². The third-order valence-corrected chi connectivity index (χ3v) is 8.13. The lowest BCUT2D eigenvalue weighted by Crippen LogP contribution is -2.16. The van der Waals surface area contributed by atoms with Crippen LogP contribution in [-0.2, 0) is 104 Å². The van der Waals surface area contributed by atoms with Crippen molar-refractivity contribution in [2.75, 3.05) is 298 Å². The van der Waals surface area contributed by atoms with E-state index in [-0.39, 0.29) is 12.4 Å². The van der Waals surface area contributed by atoms with Gasteiger partial charge >= 0.3 is 0 Å². The van der Waals surface area contributed by atoms with Gasteiger partial charge in [0.15, 0.2) is 0 Å². The minimum atomic E-state index is 0. The van der Waals surface area contributed by atoms with Crippen LogP contribution < -0.4 is 5.73 Å². The van der Waals surface area contributed by atoms with Crippen molar-refractivity contribution < 1.29 is 104 Å². The van der Waals surface area contributed by atoms with Crippen LogP contribution in [0.2, 0.25) is 0 Å². The SMILES string of the molecule is COCCOCCOCCOCCOCCOCCOCCOCCOCCOCCOCCOCCOCCOCCOCCOCCOCCOCCOCCOCCOCCOCCN.Cl. The minimum Gasteiger partial charge on any atom is -0.382 e. The van der Waals surface area contributed by atoms with E-state index in [0.717, 1.165) is 0 Å². The van der Waals surface area contributed by atoms with Crippen molar-refractivity contribution in [3.8, 4) is 0 Å². The van der Waals surface area contributed by atoms with Crippen molar-refractivity contribution in [2.45, 2.75) is 0 Å². The lowest BCUT2D eigenvalue weighted by atomic mass is 10.6. The number of halogens is 1. The Hall–Kier alpha value is -0.630. The molecule has 23 nitrogen and oxygen atoms in total. The van der Waals surface area contributed by atoms with Gasteiger partial charge in [0.1, 0.15) is 0 Å². The Morgan fingerprint density at radius 1 is 0.159 bits per heavy atom. The third-order valence-electron chi connectivity index (χ3n) is 8.13. The lowest BCUT2D eigenvalue weighted by Gasteiger charge is -2.09. The standard InChI is InChI=1S/C45H93NO22.ClH/c1-47-4-5-49-8-9-51-12-13-53-16-17-55-20-21-57-24-25-59-28-29-61-32-33-63-36-37-65-40-41-67-44-45-68-43-42-66-39-38-64-35-34-62-31-30-60-27-26-58-23-22-56-19-18-54-15-14-52-11-10-50-7-6-48-3-2-46;/h2-46H2,1H3;1H. The number of hydrogen-bond donors (Lipinski definition) is 1. The molecule has 0 aliphatic heterocycles. The quantitative estimate of drug-likeness (QED) is 0.0812. The Balaban J connectivity index is 0. The van der Waals surface area contributed by atoms with Gasteiger partial charge in [-0.2, -0.15) is 0 Å². The van der Waals surface area contributed by atoms with Crippen molar-refractivity contribution in [2.24, 2.45) is 5.73 Å². The zero-order valence-corrected chi connectivity index (χ0v) is 42.9. The first-order chi connectivity index (χ1) is 33.9. The molecule has 0 atom stereocenters. The summed E-state index contributed by atoms with van der Waals surface area (Å²) in [6.45, 7) is 22.4. The van der Waals surface area contributed by atoms with Crippen LogP contribution >= 0.6 is 12.4 Å². The summed E-state index contributed by atoms with van der Waals surface area (Å²) in [4.78, 5) is 0. The molecule has 418 valence electrons. The molecule has 0 radical (unpaired) electrons. The molecule has 2 N–H and O–H groups in total. The molecule has 0 heterocycles. The zero-order valence-electron chi connectivity index (χ0n) is 42.1. The molecular weight excluding hydrogens is 942 g/mol. The monoisotopic (exact) mass is 1040 g/mol. The van der Waals surface area contributed by atoms with Crippen LogP contribution in [0.5, 0.6) is 0 Å². The summed E-state index contributed by atoms with van der Waals surface area (Å²) in [5.74, 6) is 0. The lowest BCUT2D eigenvalue weighted by molar-refractivity contribution is -0.0316. The Labute approximate surface area is 419 Å². The van der Waals surface area contributed by atoms with Crippen molar-refractivity contribution in [1.29, 1.82) is 0 Å². The second-order valence-corrected chi connectivity index (χ2v) is 13.6. The number of methoxy groups -OCH3 is 1. The van der Waals surface area contributed by atoms with Gasteiger partial charge in [-0.3, -0.25) is 0 Å². The number of ether oxygens (including phenoxy) is 22. The molecule has 0 aromatic rings. The van der Waals surface area contributed by atoms with Gasteiger partial charge < -0.3 is 110 Å². The molecule has 0 amide bonds. The topological polar surface area (TPSA) is 229 Å². The highest BCUT2D eigenvalue weighted by Crippen LogP contribution is 1.90. The van der Waals surface area contributed by atoms with Crippen molar-refractivity contribution >= 4 is 12.4 Å². The van der Waals surface area contributed by atoms with E-state index < -0.39 is 0 Å². The predicted octanol–water partition coefficient (Wildman–Crippen LogP) is 0.362. The molecule has 0 saturated heterocycles. The fourth-order valence-corrected chi connectivity index (χ4v) is 4.73. The molecule has 0 rings (SSSR count).